The van der Waals surface area contributed by atoms with Gasteiger partial charge in [-0.05, 0) is 50.1 Å². The molecule has 0 unspecified atom stereocenters. The van der Waals surface area contributed by atoms with Crippen molar-refractivity contribution in [2.45, 2.75) is 38.5 Å². The minimum Gasteiger partial charge on any atom is -0.392 e. The lowest BCUT2D eigenvalue weighted by molar-refractivity contribution is -0.130. The Morgan fingerprint density at radius 3 is 2.37 bits per heavy atom. The highest BCUT2D eigenvalue weighted by molar-refractivity contribution is 6.25. The van der Waals surface area contributed by atoms with Crippen molar-refractivity contribution in [3.63, 3.8) is 0 Å². The number of nitrogens with zero attached hydrogens (tertiary/aromatic N) is 1. The van der Waals surface area contributed by atoms with Crippen molar-refractivity contribution < 1.29 is 19.5 Å². The smallest absolute Gasteiger partial charge is 0.250 e. The highest BCUT2D eigenvalue weighted by atomic mass is 16.3. The van der Waals surface area contributed by atoms with Crippen molar-refractivity contribution >= 4 is 29.1 Å². The zero-order chi connectivity index (χ0) is 21.4. The van der Waals surface area contributed by atoms with Gasteiger partial charge >= 0.3 is 0 Å². The molecule has 2 aromatic rings. The van der Waals surface area contributed by atoms with Crippen LogP contribution in [0.15, 0.2) is 42.5 Å². The number of aryl methyl sites for hydroxylation is 2. The number of imide groups is 1. The van der Waals surface area contributed by atoms with Gasteiger partial charge in [-0.15, -0.1) is 0 Å². The van der Waals surface area contributed by atoms with Gasteiger partial charge in [0.2, 0.25) is 17.7 Å². The first kappa shape index (κ1) is 19.0. The van der Waals surface area contributed by atoms with E-state index in [4.69, 9.17) is 0 Å². The largest absolute Gasteiger partial charge is 0.392 e. The molecule has 7 nitrogen and oxygen atoms in total. The molecule has 3 aliphatic heterocycles. The van der Waals surface area contributed by atoms with Crippen molar-refractivity contribution in [2.24, 2.45) is 11.8 Å². The molecule has 3 aliphatic rings. The fourth-order valence-electron chi connectivity index (χ4n) is 5.44. The maximum absolute atomic E-state index is 13.7. The molecule has 2 fully saturated rings. The molecule has 0 aliphatic carbocycles. The van der Waals surface area contributed by atoms with E-state index >= 15 is 0 Å². The third kappa shape index (κ3) is 2.30. The van der Waals surface area contributed by atoms with Crippen molar-refractivity contribution in [1.29, 1.82) is 0 Å². The van der Waals surface area contributed by atoms with Gasteiger partial charge in [-0.1, -0.05) is 24.3 Å². The van der Waals surface area contributed by atoms with Gasteiger partial charge in [0, 0.05) is 17.3 Å². The number of aliphatic hydroxyl groups is 1. The molecular formula is C23H23N3O4. The predicted octanol–water partition coefficient (Wildman–Crippen LogP) is 1.61. The minimum absolute atomic E-state index is 0.370. The Balaban J connectivity index is 1.70. The molecule has 2 saturated heterocycles. The van der Waals surface area contributed by atoms with Crippen LogP contribution in [0.5, 0.6) is 0 Å². The number of fused-ring (bicyclic) bond motifs is 4. The number of para-hydroxylation sites is 1. The van der Waals surface area contributed by atoms with E-state index in [0.717, 1.165) is 11.1 Å². The molecule has 0 saturated carbocycles. The monoisotopic (exact) mass is 405 g/mol. The predicted molar refractivity (Wildman–Crippen MR) is 111 cm³/mol. The van der Waals surface area contributed by atoms with Crippen LogP contribution in [0.2, 0.25) is 0 Å². The summed E-state index contributed by atoms with van der Waals surface area (Å²) in [6, 6.07) is 12.0. The van der Waals surface area contributed by atoms with Crippen molar-refractivity contribution in [2.75, 3.05) is 10.2 Å². The molecule has 0 radical (unpaired) electrons. The molecule has 5 atom stereocenters. The normalized spacial score (nSPS) is 30.6. The summed E-state index contributed by atoms with van der Waals surface area (Å²) >= 11 is 0. The van der Waals surface area contributed by atoms with E-state index in [1.807, 2.05) is 19.9 Å². The molecule has 0 aromatic heterocycles. The summed E-state index contributed by atoms with van der Waals surface area (Å²) in [4.78, 5) is 41.7. The van der Waals surface area contributed by atoms with Gasteiger partial charge in [0.1, 0.15) is 5.54 Å². The van der Waals surface area contributed by atoms with Gasteiger partial charge in [0.05, 0.1) is 23.6 Å². The van der Waals surface area contributed by atoms with E-state index in [-0.39, 0.29) is 11.8 Å². The Morgan fingerprint density at radius 2 is 1.70 bits per heavy atom. The molecule has 1 spiro atoms. The first-order valence-electron chi connectivity index (χ1n) is 10.1. The minimum atomic E-state index is -1.39. The maximum atomic E-state index is 13.7. The zero-order valence-electron chi connectivity index (χ0n) is 17.0. The Morgan fingerprint density at radius 1 is 1.03 bits per heavy atom. The highest BCUT2D eigenvalue weighted by Crippen LogP contribution is 2.53. The van der Waals surface area contributed by atoms with E-state index in [1.165, 1.54) is 4.90 Å². The number of aliphatic hydroxyl groups excluding tert-OH is 1. The van der Waals surface area contributed by atoms with Crippen LogP contribution in [-0.2, 0) is 19.9 Å². The van der Waals surface area contributed by atoms with Crippen molar-refractivity contribution in [3.05, 3.63) is 59.2 Å². The maximum Gasteiger partial charge on any atom is 0.250 e. The average molecular weight is 405 g/mol. The van der Waals surface area contributed by atoms with Crippen LogP contribution < -0.4 is 15.5 Å². The molecular weight excluding hydrogens is 382 g/mol. The molecule has 30 heavy (non-hydrogen) atoms. The first-order chi connectivity index (χ1) is 14.3. The fraction of sp³-hybridized carbons (Fsp3) is 0.348. The van der Waals surface area contributed by atoms with Gasteiger partial charge in [0.25, 0.3) is 0 Å². The zero-order valence-corrected chi connectivity index (χ0v) is 17.0. The SMILES string of the molecule is Cc1cc(C)cc(N2C(=O)[C@@H]3[C@@H]([C@@H](C)O)N[C@@]4(C(=O)Nc5ccccc54)[C@@H]3C2=O)c1. The first-order valence-corrected chi connectivity index (χ1v) is 10.1. The third-order valence-corrected chi connectivity index (χ3v) is 6.54. The number of carbonyl (C=O) groups is 3. The molecule has 3 heterocycles. The fourth-order valence-corrected chi connectivity index (χ4v) is 5.44. The van der Waals surface area contributed by atoms with Crippen LogP contribution in [0.4, 0.5) is 11.4 Å². The molecule has 154 valence electrons. The molecule has 7 heteroatoms. The molecule has 0 bridgehead atoms. The Labute approximate surface area is 174 Å². The van der Waals surface area contributed by atoms with Crippen LogP contribution in [0, 0.1) is 25.7 Å². The Hall–Kier alpha value is -3.03. The summed E-state index contributed by atoms with van der Waals surface area (Å²) in [6.45, 7) is 5.39. The number of anilines is 2. The second-order valence-electron chi connectivity index (χ2n) is 8.58. The second-order valence-corrected chi connectivity index (χ2v) is 8.58. The summed E-state index contributed by atoms with van der Waals surface area (Å²) in [6.07, 6.45) is -0.923. The van der Waals surface area contributed by atoms with E-state index in [0.29, 0.717) is 16.9 Å². The lowest BCUT2D eigenvalue weighted by Crippen LogP contribution is -2.54. The number of hydrogen-bond donors (Lipinski definition) is 3. The van der Waals surface area contributed by atoms with Crippen LogP contribution in [0.3, 0.4) is 0 Å². The van der Waals surface area contributed by atoms with Crippen LogP contribution >= 0.6 is 0 Å². The van der Waals surface area contributed by atoms with E-state index in [1.54, 1.807) is 43.3 Å². The summed E-state index contributed by atoms with van der Waals surface area (Å²) in [7, 11) is 0. The number of benzene rings is 2. The average Bonchev–Trinajstić information content (AvgIpc) is 3.26. The molecule has 3 amide bonds. The molecule has 2 aromatic carbocycles. The summed E-state index contributed by atoms with van der Waals surface area (Å²) in [5.74, 6) is -2.95. The van der Waals surface area contributed by atoms with E-state index in [9.17, 15) is 19.5 Å². The number of rotatable bonds is 2. The van der Waals surface area contributed by atoms with Gasteiger partial charge in [-0.25, -0.2) is 4.90 Å². The standard InChI is InChI=1S/C23H23N3O4/c1-11-8-12(2)10-14(9-11)26-20(28)17-18(21(26)29)23(25-19(17)13(3)27)15-6-4-5-7-16(15)24-22(23)30/h4-10,13,17-19,25,27H,1-3H3,(H,24,30)/t13-,17+,18+,19-,23-/m1/s1. The van der Waals surface area contributed by atoms with Crippen molar-refractivity contribution in [1.82, 2.24) is 5.32 Å². The van der Waals surface area contributed by atoms with Crippen LogP contribution in [0.1, 0.15) is 23.6 Å². The summed E-state index contributed by atoms with van der Waals surface area (Å²) < 4.78 is 0. The lowest BCUT2D eigenvalue weighted by Gasteiger charge is -2.30. The van der Waals surface area contributed by atoms with Gasteiger partial charge in [-0.2, -0.15) is 0 Å². The van der Waals surface area contributed by atoms with Crippen molar-refractivity contribution in [3.8, 4) is 0 Å². The van der Waals surface area contributed by atoms with Crippen LogP contribution in [-0.4, -0.2) is 35.0 Å². The molecule has 3 N–H and O–H groups in total. The Kier molecular flexibility index (Phi) is 3.94. The van der Waals surface area contributed by atoms with Gasteiger partial charge < -0.3 is 10.4 Å². The Bertz CT molecular complexity index is 1090. The van der Waals surface area contributed by atoms with E-state index in [2.05, 4.69) is 10.6 Å². The third-order valence-electron chi connectivity index (χ3n) is 6.54. The number of hydrogen-bond acceptors (Lipinski definition) is 5. The van der Waals surface area contributed by atoms with Gasteiger partial charge in [-0.3, -0.25) is 19.7 Å². The number of nitrogens with one attached hydrogen (secondary N) is 2. The lowest BCUT2D eigenvalue weighted by atomic mass is 9.76. The highest BCUT2D eigenvalue weighted by Gasteiger charge is 2.71. The van der Waals surface area contributed by atoms with Gasteiger partial charge in [0.15, 0.2) is 0 Å². The summed E-state index contributed by atoms with van der Waals surface area (Å²) in [5.41, 5.74) is 2.24. The second kappa shape index (κ2) is 6.23. The number of amides is 3. The molecule has 5 rings (SSSR count). The summed E-state index contributed by atoms with van der Waals surface area (Å²) in [5, 5.41) is 16.5. The topological polar surface area (TPSA) is 98.7 Å². The quantitative estimate of drug-likeness (QED) is 0.660. The number of carbonyl (C=O) groups excluding carboxylic acids is 3. The van der Waals surface area contributed by atoms with E-state index < -0.39 is 35.4 Å². The van der Waals surface area contributed by atoms with Crippen LogP contribution in [0.25, 0.3) is 0 Å².